The molecule has 1 N–H and O–H groups in total. The van der Waals surface area contributed by atoms with E-state index in [9.17, 15) is 0 Å². The lowest BCUT2D eigenvalue weighted by Gasteiger charge is -2.40. The van der Waals surface area contributed by atoms with Crippen LogP contribution in [0.25, 0.3) is 0 Å². The molecule has 0 unspecified atom stereocenters. The topological polar surface area (TPSA) is 44.3 Å². The zero-order valence-electron chi connectivity index (χ0n) is 13.1. The molecule has 2 aliphatic rings. The molecule has 0 saturated carbocycles. The molecular weight excluding hydrogens is 262 g/mol. The quantitative estimate of drug-likeness (QED) is 0.922. The van der Waals surface area contributed by atoms with Crippen LogP contribution < -0.4 is 10.2 Å². The Morgan fingerprint density at radius 1 is 1.10 bits per heavy atom. The summed E-state index contributed by atoms with van der Waals surface area (Å²) < 4.78 is 0. The Morgan fingerprint density at radius 3 is 2.57 bits per heavy atom. The van der Waals surface area contributed by atoms with Gasteiger partial charge in [0.05, 0.1) is 0 Å². The highest BCUT2D eigenvalue weighted by Gasteiger charge is 2.26. The standard InChI is InChI=1S/C16H27N5/c1-2-17-15-12-16(19-13-18-15)21-10-6-14(7-11-21)20-8-4-3-5-9-20/h12-14H,2-11H2,1H3,(H,17,18,19). The average molecular weight is 289 g/mol. The van der Waals surface area contributed by atoms with Crippen molar-refractivity contribution in [3.63, 3.8) is 0 Å². The lowest BCUT2D eigenvalue weighted by Crippen LogP contribution is -2.46. The van der Waals surface area contributed by atoms with Crippen LogP contribution in [0.3, 0.4) is 0 Å². The number of likely N-dealkylation sites (tertiary alicyclic amines) is 1. The maximum atomic E-state index is 4.44. The molecule has 2 saturated heterocycles. The van der Waals surface area contributed by atoms with Gasteiger partial charge in [0, 0.05) is 31.7 Å². The second kappa shape index (κ2) is 7.07. The van der Waals surface area contributed by atoms with Gasteiger partial charge >= 0.3 is 0 Å². The normalized spacial score (nSPS) is 21.5. The second-order valence-corrected chi connectivity index (χ2v) is 6.11. The van der Waals surface area contributed by atoms with Crippen molar-refractivity contribution in [2.75, 3.05) is 42.9 Å². The van der Waals surface area contributed by atoms with Crippen molar-refractivity contribution >= 4 is 11.6 Å². The van der Waals surface area contributed by atoms with Crippen LogP contribution in [0.2, 0.25) is 0 Å². The third-order valence-electron chi connectivity index (χ3n) is 4.71. The number of nitrogens with one attached hydrogen (secondary N) is 1. The fourth-order valence-corrected chi connectivity index (χ4v) is 3.54. The first-order chi connectivity index (χ1) is 10.4. The predicted octanol–water partition coefficient (Wildman–Crippen LogP) is 2.36. The first-order valence-electron chi connectivity index (χ1n) is 8.41. The Kier molecular flexibility index (Phi) is 4.91. The summed E-state index contributed by atoms with van der Waals surface area (Å²) in [5, 5.41) is 3.26. The number of nitrogens with zero attached hydrogens (tertiary/aromatic N) is 4. The summed E-state index contributed by atoms with van der Waals surface area (Å²) in [6.07, 6.45) is 8.39. The largest absolute Gasteiger partial charge is 0.370 e. The fourth-order valence-electron chi connectivity index (χ4n) is 3.54. The molecule has 0 amide bonds. The van der Waals surface area contributed by atoms with E-state index >= 15 is 0 Å². The van der Waals surface area contributed by atoms with Gasteiger partial charge in [0.2, 0.25) is 0 Å². The van der Waals surface area contributed by atoms with Gasteiger partial charge in [-0.15, -0.1) is 0 Å². The van der Waals surface area contributed by atoms with Crippen molar-refractivity contribution in [1.82, 2.24) is 14.9 Å². The van der Waals surface area contributed by atoms with Gasteiger partial charge in [-0.05, 0) is 45.7 Å². The van der Waals surface area contributed by atoms with Gasteiger partial charge in [-0.1, -0.05) is 6.42 Å². The van der Waals surface area contributed by atoms with Gasteiger partial charge in [0.25, 0.3) is 0 Å². The highest BCUT2D eigenvalue weighted by molar-refractivity contribution is 5.48. The maximum Gasteiger partial charge on any atom is 0.134 e. The first kappa shape index (κ1) is 14.6. The Labute approximate surface area is 127 Å². The summed E-state index contributed by atoms with van der Waals surface area (Å²) in [5.74, 6) is 2.00. The molecule has 3 heterocycles. The molecule has 3 rings (SSSR count). The predicted molar refractivity (Wildman–Crippen MR) is 86.9 cm³/mol. The van der Waals surface area contributed by atoms with Gasteiger partial charge < -0.3 is 15.1 Å². The molecular formula is C16H27N5. The molecule has 1 aromatic rings. The van der Waals surface area contributed by atoms with E-state index in [1.165, 1.54) is 45.2 Å². The van der Waals surface area contributed by atoms with E-state index in [0.29, 0.717) is 0 Å². The summed E-state index contributed by atoms with van der Waals surface area (Å²) in [4.78, 5) is 13.8. The summed E-state index contributed by atoms with van der Waals surface area (Å²) in [6, 6.07) is 2.86. The van der Waals surface area contributed by atoms with Crippen molar-refractivity contribution in [3.05, 3.63) is 12.4 Å². The van der Waals surface area contributed by atoms with Crippen molar-refractivity contribution in [2.24, 2.45) is 0 Å². The van der Waals surface area contributed by atoms with Crippen LogP contribution in [0.15, 0.2) is 12.4 Å². The highest BCUT2D eigenvalue weighted by atomic mass is 15.2. The molecule has 0 bridgehead atoms. The van der Waals surface area contributed by atoms with Gasteiger partial charge in [-0.3, -0.25) is 0 Å². The molecule has 0 aliphatic carbocycles. The Hall–Kier alpha value is -1.36. The summed E-state index contributed by atoms with van der Waals surface area (Å²) in [5.41, 5.74) is 0. The number of hydrogen-bond acceptors (Lipinski definition) is 5. The minimum absolute atomic E-state index is 0.789. The van der Waals surface area contributed by atoms with Crippen molar-refractivity contribution in [2.45, 2.75) is 45.1 Å². The summed E-state index contributed by atoms with van der Waals surface area (Å²) in [7, 11) is 0. The van der Waals surface area contributed by atoms with E-state index in [2.05, 4.69) is 38.1 Å². The number of rotatable bonds is 4. The van der Waals surface area contributed by atoms with E-state index in [1.807, 2.05) is 0 Å². The lowest BCUT2D eigenvalue weighted by molar-refractivity contribution is 0.141. The Morgan fingerprint density at radius 2 is 1.86 bits per heavy atom. The molecule has 116 valence electrons. The van der Waals surface area contributed by atoms with E-state index in [1.54, 1.807) is 6.33 Å². The van der Waals surface area contributed by atoms with E-state index < -0.39 is 0 Å². The van der Waals surface area contributed by atoms with Crippen LogP contribution in [0, 0.1) is 0 Å². The molecule has 1 aromatic heterocycles. The molecule has 5 nitrogen and oxygen atoms in total. The van der Waals surface area contributed by atoms with Crippen LogP contribution in [0.1, 0.15) is 39.0 Å². The molecule has 0 atom stereocenters. The second-order valence-electron chi connectivity index (χ2n) is 6.11. The fraction of sp³-hybridized carbons (Fsp3) is 0.750. The minimum atomic E-state index is 0.789. The zero-order chi connectivity index (χ0) is 14.5. The zero-order valence-corrected chi connectivity index (χ0v) is 13.1. The van der Waals surface area contributed by atoms with Gasteiger partial charge in [-0.25, -0.2) is 9.97 Å². The van der Waals surface area contributed by atoms with Crippen LogP contribution in [-0.2, 0) is 0 Å². The van der Waals surface area contributed by atoms with E-state index in [0.717, 1.165) is 37.3 Å². The van der Waals surface area contributed by atoms with Crippen LogP contribution in [0.4, 0.5) is 11.6 Å². The molecule has 0 aromatic carbocycles. The molecule has 2 fully saturated rings. The minimum Gasteiger partial charge on any atom is -0.370 e. The highest BCUT2D eigenvalue weighted by Crippen LogP contribution is 2.24. The Balaban J connectivity index is 1.56. The van der Waals surface area contributed by atoms with Crippen molar-refractivity contribution in [1.29, 1.82) is 0 Å². The number of hydrogen-bond donors (Lipinski definition) is 1. The molecule has 5 heteroatoms. The van der Waals surface area contributed by atoms with Crippen LogP contribution in [-0.4, -0.2) is 53.6 Å². The summed E-state index contributed by atoms with van der Waals surface area (Å²) >= 11 is 0. The van der Waals surface area contributed by atoms with Crippen LogP contribution in [0.5, 0.6) is 0 Å². The smallest absolute Gasteiger partial charge is 0.134 e. The van der Waals surface area contributed by atoms with Gasteiger partial charge in [0.1, 0.15) is 18.0 Å². The Bertz CT molecular complexity index is 436. The van der Waals surface area contributed by atoms with E-state index in [-0.39, 0.29) is 0 Å². The first-order valence-corrected chi connectivity index (χ1v) is 8.41. The van der Waals surface area contributed by atoms with Crippen molar-refractivity contribution < 1.29 is 0 Å². The van der Waals surface area contributed by atoms with Crippen LogP contribution >= 0.6 is 0 Å². The number of anilines is 2. The van der Waals surface area contributed by atoms with Crippen molar-refractivity contribution in [3.8, 4) is 0 Å². The monoisotopic (exact) mass is 289 g/mol. The lowest BCUT2D eigenvalue weighted by atomic mass is 10.00. The van der Waals surface area contributed by atoms with E-state index in [4.69, 9.17) is 0 Å². The SMILES string of the molecule is CCNc1cc(N2CCC(N3CCCCC3)CC2)ncn1. The number of piperidine rings is 2. The molecule has 0 radical (unpaired) electrons. The van der Waals surface area contributed by atoms with Gasteiger partial charge in [0.15, 0.2) is 0 Å². The molecule has 2 aliphatic heterocycles. The average Bonchev–Trinajstić information content (AvgIpc) is 2.56. The summed E-state index contributed by atoms with van der Waals surface area (Å²) in [6.45, 7) is 7.83. The number of aromatic nitrogens is 2. The third kappa shape index (κ3) is 3.64. The van der Waals surface area contributed by atoms with Gasteiger partial charge in [-0.2, -0.15) is 0 Å². The third-order valence-corrected chi connectivity index (χ3v) is 4.71. The molecule has 0 spiro atoms. The molecule has 21 heavy (non-hydrogen) atoms. The maximum absolute atomic E-state index is 4.44.